The molecule has 4 rings (SSSR count). The Balaban J connectivity index is 1.54. The monoisotopic (exact) mass is 420 g/mol. The highest BCUT2D eigenvalue weighted by Crippen LogP contribution is 2.33. The molecule has 4 nitrogen and oxygen atoms in total. The predicted octanol–water partition coefficient (Wildman–Crippen LogP) is 5.49. The number of benzene rings is 3. The van der Waals surface area contributed by atoms with Gasteiger partial charge in [0.2, 0.25) is 0 Å². The van der Waals surface area contributed by atoms with E-state index >= 15 is 0 Å². The fraction of sp³-hybridized carbons (Fsp3) is 0.240. The summed E-state index contributed by atoms with van der Waals surface area (Å²) in [5.41, 5.74) is 4.31. The SMILES string of the molecule is CCc1ccc(NC[C@@H]2[C@@H](Oc3ccc(Cl)cc3)C(=O)N2c2ccccc2C)cc1. The summed E-state index contributed by atoms with van der Waals surface area (Å²) >= 11 is 5.97. The van der Waals surface area contributed by atoms with Gasteiger partial charge < -0.3 is 10.1 Å². The molecule has 1 saturated heterocycles. The van der Waals surface area contributed by atoms with Gasteiger partial charge in [-0.2, -0.15) is 0 Å². The van der Waals surface area contributed by atoms with E-state index < -0.39 is 6.10 Å². The van der Waals surface area contributed by atoms with Crippen molar-refractivity contribution in [3.63, 3.8) is 0 Å². The van der Waals surface area contributed by atoms with Gasteiger partial charge in [-0.25, -0.2) is 0 Å². The number of halogens is 1. The first-order valence-corrected chi connectivity index (χ1v) is 10.6. The van der Waals surface area contributed by atoms with Crippen molar-refractivity contribution in [3.8, 4) is 5.75 Å². The molecule has 2 atom stereocenters. The fourth-order valence-electron chi connectivity index (χ4n) is 3.72. The Morgan fingerprint density at radius 3 is 2.37 bits per heavy atom. The van der Waals surface area contributed by atoms with E-state index in [4.69, 9.17) is 16.3 Å². The van der Waals surface area contributed by atoms with Crippen LogP contribution in [0.3, 0.4) is 0 Å². The van der Waals surface area contributed by atoms with E-state index in [1.165, 1.54) is 5.56 Å². The average Bonchev–Trinajstić information content (AvgIpc) is 2.77. The van der Waals surface area contributed by atoms with Gasteiger partial charge in [0.05, 0.1) is 0 Å². The molecule has 1 N–H and O–H groups in total. The Bertz CT molecular complexity index is 1020. The van der Waals surface area contributed by atoms with Crippen molar-refractivity contribution < 1.29 is 9.53 Å². The normalized spacial score (nSPS) is 18.1. The highest BCUT2D eigenvalue weighted by molar-refractivity contribution is 6.30. The Labute approximate surface area is 182 Å². The number of hydrogen-bond donors (Lipinski definition) is 1. The molecule has 0 aromatic heterocycles. The third kappa shape index (κ3) is 4.14. The number of carbonyl (C=O) groups is 1. The zero-order valence-electron chi connectivity index (χ0n) is 17.1. The van der Waals surface area contributed by atoms with E-state index in [2.05, 4.69) is 36.5 Å². The lowest BCUT2D eigenvalue weighted by molar-refractivity contribution is -0.134. The molecule has 1 aliphatic rings. The van der Waals surface area contributed by atoms with Gasteiger partial charge in [-0.1, -0.05) is 48.9 Å². The summed E-state index contributed by atoms with van der Waals surface area (Å²) in [4.78, 5) is 14.9. The molecule has 1 fully saturated rings. The first kappa shape index (κ1) is 20.3. The number of anilines is 2. The Morgan fingerprint density at radius 2 is 1.70 bits per heavy atom. The van der Waals surface area contributed by atoms with E-state index in [9.17, 15) is 4.79 Å². The zero-order valence-corrected chi connectivity index (χ0v) is 17.9. The van der Waals surface area contributed by atoms with Crippen molar-refractivity contribution in [2.45, 2.75) is 32.4 Å². The van der Waals surface area contributed by atoms with E-state index in [0.717, 1.165) is 23.4 Å². The van der Waals surface area contributed by atoms with Crippen molar-refractivity contribution in [1.29, 1.82) is 0 Å². The van der Waals surface area contributed by atoms with Crippen molar-refractivity contribution in [2.24, 2.45) is 0 Å². The first-order valence-electron chi connectivity index (χ1n) is 10.2. The molecule has 1 aliphatic heterocycles. The summed E-state index contributed by atoms with van der Waals surface area (Å²) in [7, 11) is 0. The number of rotatable bonds is 7. The van der Waals surface area contributed by atoms with Crippen molar-refractivity contribution in [1.82, 2.24) is 0 Å². The number of hydrogen-bond acceptors (Lipinski definition) is 3. The Kier molecular flexibility index (Phi) is 5.96. The second kappa shape index (κ2) is 8.80. The number of nitrogens with zero attached hydrogens (tertiary/aromatic N) is 1. The van der Waals surface area contributed by atoms with Crippen LogP contribution in [0.4, 0.5) is 11.4 Å². The van der Waals surface area contributed by atoms with Gasteiger partial charge in [-0.3, -0.25) is 9.69 Å². The van der Waals surface area contributed by atoms with E-state index in [1.54, 1.807) is 24.3 Å². The minimum absolute atomic E-state index is 0.0348. The lowest BCUT2D eigenvalue weighted by Gasteiger charge is -2.47. The minimum atomic E-state index is -0.548. The molecule has 0 aliphatic carbocycles. The smallest absolute Gasteiger partial charge is 0.270 e. The highest BCUT2D eigenvalue weighted by atomic mass is 35.5. The molecule has 154 valence electrons. The summed E-state index contributed by atoms with van der Waals surface area (Å²) in [6, 6.07) is 23.3. The molecule has 0 radical (unpaired) electrons. The van der Waals surface area contributed by atoms with Gasteiger partial charge >= 0.3 is 0 Å². The zero-order chi connectivity index (χ0) is 21.1. The van der Waals surface area contributed by atoms with Crippen molar-refractivity contribution in [3.05, 3.63) is 88.9 Å². The van der Waals surface area contributed by atoms with E-state index in [-0.39, 0.29) is 11.9 Å². The molecule has 0 saturated carbocycles. The van der Waals surface area contributed by atoms with Crippen molar-refractivity contribution >= 4 is 28.9 Å². The molecule has 0 unspecified atom stereocenters. The van der Waals surface area contributed by atoms with Gasteiger partial charge in [0, 0.05) is 22.9 Å². The fourth-order valence-corrected chi connectivity index (χ4v) is 3.84. The van der Waals surface area contributed by atoms with Crippen LogP contribution < -0.4 is 15.0 Å². The van der Waals surface area contributed by atoms with Gasteiger partial charge in [0.1, 0.15) is 11.8 Å². The molecule has 1 amide bonds. The van der Waals surface area contributed by atoms with Crippen LogP contribution in [0.1, 0.15) is 18.1 Å². The van der Waals surface area contributed by atoms with Crippen LogP contribution in [-0.4, -0.2) is 24.6 Å². The second-order valence-corrected chi connectivity index (χ2v) is 7.92. The van der Waals surface area contributed by atoms with Gasteiger partial charge in [-0.15, -0.1) is 0 Å². The quantitative estimate of drug-likeness (QED) is 0.514. The third-order valence-electron chi connectivity index (χ3n) is 5.49. The number of β-lactam (4-membered cyclic amide) rings is 1. The number of aryl methyl sites for hydroxylation is 2. The summed E-state index contributed by atoms with van der Waals surface area (Å²) < 4.78 is 6.06. The molecule has 0 spiro atoms. The van der Waals surface area contributed by atoms with Crippen LogP contribution >= 0.6 is 11.6 Å². The maximum absolute atomic E-state index is 13.0. The lowest BCUT2D eigenvalue weighted by atomic mass is 9.94. The molecule has 30 heavy (non-hydrogen) atoms. The van der Waals surface area contributed by atoms with Crippen LogP contribution in [-0.2, 0) is 11.2 Å². The number of carbonyl (C=O) groups excluding carboxylic acids is 1. The van der Waals surface area contributed by atoms with Crippen LogP contribution in [0, 0.1) is 6.92 Å². The number of ether oxygens (including phenoxy) is 1. The maximum Gasteiger partial charge on any atom is 0.270 e. The Hall–Kier alpha value is -2.98. The van der Waals surface area contributed by atoms with Crippen LogP contribution in [0.25, 0.3) is 0 Å². The molecule has 3 aromatic rings. The summed E-state index contributed by atoms with van der Waals surface area (Å²) in [6.45, 7) is 4.74. The highest BCUT2D eigenvalue weighted by Gasteiger charge is 2.50. The van der Waals surface area contributed by atoms with Crippen LogP contribution in [0.15, 0.2) is 72.8 Å². The van der Waals surface area contributed by atoms with Crippen LogP contribution in [0.5, 0.6) is 5.75 Å². The molecule has 5 heteroatoms. The Morgan fingerprint density at radius 1 is 1.00 bits per heavy atom. The van der Waals surface area contributed by atoms with Gasteiger partial charge in [-0.05, 0) is 66.9 Å². The number of para-hydroxylation sites is 1. The molecule has 3 aromatic carbocycles. The maximum atomic E-state index is 13.0. The average molecular weight is 421 g/mol. The largest absolute Gasteiger partial charge is 0.478 e. The minimum Gasteiger partial charge on any atom is -0.478 e. The van der Waals surface area contributed by atoms with E-state index in [1.807, 2.05) is 36.1 Å². The van der Waals surface area contributed by atoms with Gasteiger partial charge in [0.25, 0.3) is 5.91 Å². The second-order valence-electron chi connectivity index (χ2n) is 7.49. The molecular weight excluding hydrogens is 396 g/mol. The molecule has 1 heterocycles. The third-order valence-corrected chi connectivity index (χ3v) is 5.74. The summed E-state index contributed by atoms with van der Waals surface area (Å²) in [5, 5.41) is 4.10. The summed E-state index contributed by atoms with van der Waals surface area (Å²) in [5.74, 6) is 0.604. The lowest BCUT2D eigenvalue weighted by Crippen LogP contribution is -2.69. The number of nitrogens with one attached hydrogen (secondary N) is 1. The van der Waals surface area contributed by atoms with Crippen LogP contribution in [0.2, 0.25) is 5.02 Å². The predicted molar refractivity (Wildman–Crippen MR) is 123 cm³/mol. The standard InChI is InChI=1S/C25H25ClN2O2/c1-3-18-8-12-20(13-9-18)27-16-23-24(30-21-14-10-19(26)11-15-21)25(29)28(23)22-7-5-4-6-17(22)2/h4-15,23-24,27H,3,16H2,1-2H3/t23-,24-/m1/s1. The first-order chi connectivity index (χ1) is 14.6. The van der Waals surface area contributed by atoms with E-state index in [0.29, 0.717) is 17.3 Å². The van der Waals surface area contributed by atoms with Gasteiger partial charge in [0.15, 0.2) is 6.10 Å². The number of amides is 1. The topological polar surface area (TPSA) is 41.6 Å². The molecular formula is C25H25ClN2O2. The molecule has 0 bridgehead atoms. The van der Waals surface area contributed by atoms with Crippen molar-refractivity contribution in [2.75, 3.05) is 16.8 Å². The summed E-state index contributed by atoms with van der Waals surface area (Å²) in [6.07, 6.45) is 0.461.